The minimum absolute atomic E-state index is 0.00868. The maximum absolute atomic E-state index is 11.5. The molecular weight excluding hydrogens is 404 g/mol. The molecule has 32 heavy (non-hydrogen) atoms. The van der Waals surface area contributed by atoms with Crippen molar-refractivity contribution in [1.29, 1.82) is 0 Å². The van der Waals surface area contributed by atoms with E-state index in [9.17, 15) is 9.59 Å². The average Bonchev–Trinajstić information content (AvgIpc) is 2.76. The van der Waals surface area contributed by atoms with Crippen LogP contribution in [0.4, 0.5) is 0 Å². The highest BCUT2D eigenvalue weighted by molar-refractivity contribution is 5.66. The molecule has 0 heterocycles. The Morgan fingerprint density at radius 2 is 1.38 bits per heavy atom. The predicted octanol–water partition coefficient (Wildman–Crippen LogP) is 7.07. The van der Waals surface area contributed by atoms with Crippen LogP contribution in [0.5, 0.6) is 0 Å². The zero-order valence-corrected chi connectivity index (χ0v) is 20.2. The van der Waals surface area contributed by atoms with Gasteiger partial charge in [0.05, 0.1) is 12.7 Å². The van der Waals surface area contributed by atoms with E-state index >= 15 is 0 Å². The molecule has 5 nitrogen and oxygen atoms in total. The maximum atomic E-state index is 11.5. The van der Waals surface area contributed by atoms with Gasteiger partial charge in [-0.3, -0.25) is 9.59 Å². The molecule has 1 N–H and O–H groups in total. The third kappa shape index (κ3) is 15.9. The van der Waals surface area contributed by atoms with Crippen molar-refractivity contribution in [2.45, 2.75) is 123 Å². The van der Waals surface area contributed by atoms with Crippen LogP contribution in [0.15, 0.2) is 30.3 Å². The Bertz CT molecular complexity index is 601. The lowest BCUT2D eigenvalue weighted by atomic mass is 10.0. The van der Waals surface area contributed by atoms with E-state index in [0.717, 1.165) is 83.5 Å². The molecule has 5 heteroatoms. The highest BCUT2D eigenvalue weighted by atomic mass is 16.5. The Morgan fingerprint density at radius 3 is 1.97 bits per heavy atom. The van der Waals surface area contributed by atoms with Crippen molar-refractivity contribution in [3.05, 3.63) is 35.9 Å². The summed E-state index contributed by atoms with van der Waals surface area (Å²) in [5.74, 6) is -0.906. The second kappa shape index (κ2) is 18.7. The first-order chi connectivity index (χ1) is 15.5. The minimum Gasteiger partial charge on any atom is -0.481 e. The van der Waals surface area contributed by atoms with E-state index in [1.54, 1.807) is 0 Å². The van der Waals surface area contributed by atoms with Crippen molar-refractivity contribution in [3.8, 4) is 0 Å². The fraction of sp³-hybridized carbons (Fsp3) is 0.704. The molecule has 0 bridgehead atoms. The normalized spacial score (nSPS) is 12.9. The lowest BCUT2D eigenvalue weighted by Gasteiger charge is -2.19. The van der Waals surface area contributed by atoms with Gasteiger partial charge in [-0.15, -0.1) is 0 Å². The van der Waals surface area contributed by atoms with E-state index in [1.165, 1.54) is 12.5 Å². The summed E-state index contributed by atoms with van der Waals surface area (Å²) >= 11 is 0. The molecule has 0 radical (unpaired) electrons. The first-order valence-corrected chi connectivity index (χ1v) is 12.6. The Balaban J connectivity index is 2.21. The van der Waals surface area contributed by atoms with Gasteiger partial charge in [0.1, 0.15) is 6.10 Å². The maximum Gasteiger partial charge on any atom is 0.303 e. The number of carbonyl (C=O) groups is 2. The number of aliphatic carboxylic acids is 1. The number of carbonyl (C=O) groups excluding carboxylic acids is 1. The third-order valence-electron chi connectivity index (χ3n) is 5.74. The molecular formula is C27H44O5. The lowest BCUT2D eigenvalue weighted by Crippen LogP contribution is -2.17. The van der Waals surface area contributed by atoms with Gasteiger partial charge in [-0.1, -0.05) is 75.8 Å². The van der Waals surface area contributed by atoms with Crippen LogP contribution in [0.3, 0.4) is 0 Å². The fourth-order valence-electron chi connectivity index (χ4n) is 4.02. The zero-order valence-electron chi connectivity index (χ0n) is 20.2. The minimum atomic E-state index is -0.710. The van der Waals surface area contributed by atoms with Crippen LogP contribution in [0.2, 0.25) is 0 Å². The molecule has 0 saturated carbocycles. The van der Waals surface area contributed by atoms with Gasteiger partial charge in [0, 0.05) is 13.3 Å². The van der Waals surface area contributed by atoms with Crippen LogP contribution < -0.4 is 0 Å². The number of unbranched alkanes of at least 4 members (excludes halogenated alkanes) is 6. The smallest absolute Gasteiger partial charge is 0.303 e. The summed E-state index contributed by atoms with van der Waals surface area (Å²) in [6.45, 7) is 4.35. The lowest BCUT2D eigenvalue weighted by molar-refractivity contribution is -0.147. The molecule has 2 atom stereocenters. The van der Waals surface area contributed by atoms with Gasteiger partial charge in [-0.25, -0.2) is 0 Å². The summed E-state index contributed by atoms with van der Waals surface area (Å²) in [6.07, 6.45) is 13.8. The van der Waals surface area contributed by atoms with E-state index in [2.05, 4.69) is 19.1 Å². The Kier molecular flexibility index (Phi) is 16.4. The van der Waals surface area contributed by atoms with Crippen molar-refractivity contribution >= 4 is 11.9 Å². The number of carboxylic acid groups (broad SMARTS) is 1. The monoisotopic (exact) mass is 448 g/mol. The van der Waals surface area contributed by atoms with Crippen molar-refractivity contribution in [2.75, 3.05) is 0 Å². The molecule has 0 saturated heterocycles. The summed E-state index contributed by atoms with van der Waals surface area (Å²) in [6, 6.07) is 10.3. The van der Waals surface area contributed by atoms with Crippen LogP contribution in [-0.4, -0.2) is 29.3 Å². The summed E-state index contributed by atoms with van der Waals surface area (Å²) in [5.41, 5.74) is 1.21. The molecule has 1 rings (SSSR count). The van der Waals surface area contributed by atoms with Gasteiger partial charge in [-0.05, 0) is 50.5 Å². The predicted molar refractivity (Wildman–Crippen MR) is 129 cm³/mol. The number of carboxylic acids is 1. The van der Waals surface area contributed by atoms with E-state index in [1.807, 2.05) is 18.2 Å². The molecule has 182 valence electrons. The van der Waals surface area contributed by atoms with Gasteiger partial charge < -0.3 is 14.6 Å². The van der Waals surface area contributed by atoms with Crippen LogP contribution in [0.25, 0.3) is 0 Å². The summed E-state index contributed by atoms with van der Waals surface area (Å²) < 4.78 is 11.7. The molecule has 0 spiro atoms. The summed E-state index contributed by atoms with van der Waals surface area (Å²) in [5, 5.41) is 8.66. The first kappa shape index (κ1) is 28.2. The van der Waals surface area contributed by atoms with Crippen LogP contribution in [0.1, 0.15) is 109 Å². The van der Waals surface area contributed by atoms with Gasteiger partial charge >= 0.3 is 11.9 Å². The zero-order chi connectivity index (χ0) is 23.4. The van der Waals surface area contributed by atoms with Crippen LogP contribution >= 0.6 is 0 Å². The van der Waals surface area contributed by atoms with Gasteiger partial charge in [0.2, 0.25) is 0 Å². The molecule has 1 aromatic carbocycles. The SMILES string of the molecule is CCCC(CCCCC(CCCCCCCCC(=O)O)OC(C)=O)OCc1ccccc1. The number of hydrogen-bond acceptors (Lipinski definition) is 4. The average molecular weight is 449 g/mol. The number of rotatable bonds is 20. The number of hydrogen-bond donors (Lipinski definition) is 1. The number of esters is 1. The van der Waals surface area contributed by atoms with E-state index in [0.29, 0.717) is 6.61 Å². The number of benzene rings is 1. The third-order valence-corrected chi connectivity index (χ3v) is 5.74. The van der Waals surface area contributed by atoms with E-state index in [4.69, 9.17) is 14.6 Å². The molecule has 0 amide bonds. The summed E-state index contributed by atoms with van der Waals surface area (Å²) in [4.78, 5) is 22.0. The molecule has 0 aliphatic carbocycles. The van der Waals surface area contributed by atoms with Crippen molar-refractivity contribution in [1.82, 2.24) is 0 Å². The first-order valence-electron chi connectivity index (χ1n) is 12.6. The molecule has 0 fully saturated rings. The number of ether oxygens (including phenoxy) is 2. The van der Waals surface area contributed by atoms with Crippen molar-refractivity contribution in [3.63, 3.8) is 0 Å². The molecule has 0 aliphatic heterocycles. The fourth-order valence-corrected chi connectivity index (χ4v) is 4.02. The van der Waals surface area contributed by atoms with Crippen LogP contribution in [0, 0.1) is 0 Å². The van der Waals surface area contributed by atoms with Crippen molar-refractivity contribution < 1.29 is 24.2 Å². The van der Waals surface area contributed by atoms with Crippen LogP contribution in [-0.2, 0) is 25.7 Å². The standard InChI is InChI=1S/C27H44O5/c1-3-15-25(31-22-24-16-9-8-10-17-24)18-13-14-20-26(32-23(2)28)19-11-6-4-5-7-12-21-27(29)30/h8-10,16-17,25-26H,3-7,11-15,18-22H2,1-2H3,(H,29,30). The molecule has 0 aliphatic rings. The van der Waals surface area contributed by atoms with Gasteiger partial charge in [-0.2, -0.15) is 0 Å². The second-order valence-corrected chi connectivity index (χ2v) is 8.78. The van der Waals surface area contributed by atoms with E-state index < -0.39 is 5.97 Å². The highest BCUT2D eigenvalue weighted by Gasteiger charge is 2.13. The van der Waals surface area contributed by atoms with Gasteiger partial charge in [0.25, 0.3) is 0 Å². The second-order valence-electron chi connectivity index (χ2n) is 8.78. The molecule has 0 aromatic heterocycles. The van der Waals surface area contributed by atoms with E-state index in [-0.39, 0.29) is 24.6 Å². The van der Waals surface area contributed by atoms with Gasteiger partial charge in [0.15, 0.2) is 0 Å². The Morgan fingerprint density at radius 1 is 0.812 bits per heavy atom. The highest BCUT2D eigenvalue weighted by Crippen LogP contribution is 2.19. The largest absolute Gasteiger partial charge is 0.481 e. The Labute approximate surface area is 194 Å². The molecule has 2 unspecified atom stereocenters. The quantitative estimate of drug-likeness (QED) is 0.171. The Hall–Kier alpha value is -1.88. The topological polar surface area (TPSA) is 72.8 Å². The summed E-state index contributed by atoms with van der Waals surface area (Å²) in [7, 11) is 0. The van der Waals surface area contributed by atoms with Crippen molar-refractivity contribution in [2.24, 2.45) is 0 Å². The molecule has 1 aromatic rings.